The fourth-order valence-electron chi connectivity index (χ4n) is 3.23. The van der Waals surface area contributed by atoms with Gasteiger partial charge in [-0.2, -0.15) is 0 Å². The van der Waals surface area contributed by atoms with Crippen molar-refractivity contribution in [2.45, 2.75) is 33.1 Å². The van der Waals surface area contributed by atoms with Gasteiger partial charge in [0.15, 0.2) is 0 Å². The number of ether oxygens (including phenoxy) is 2. The second kappa shape index (κ2) is 8.35. The molecule has 0 unspecified atom stereocenters. The van der Waals surface area contributed by atoms with Gasteiger partial charge in [-0.1, -0.05) is 50.6 Å². The zero-order valence-corrected chi connectivity index (χ0v) is 18.5. The molecule has 1 aromatic heterocycles. The molecule has 0 spiro atoms. The van der Waals surface area contributed by atoms with Crippen molar-refractivity contribution in [3.05, 3.63) is 99.9 Å². The van der Waals surface area contributed by atoms with E-state index in [0.717, 1.165) is 5.56 Å². The number of rotatable bonds is 4. The van der Waals surface area contributed by atoms with Gasteiger partial charge in [0.25, 0.3) is 0 Å². The first-order valence-corrected chi connectivity index (χ1v) is 10.3. The highest BCUT2D eigenvalue weighted by Crippen LogP contribution is 2.27. The first kappa shape index (κ1) is 21.4. The first-order chi connectivity index (χ1) is 15.2. The van der Waals surface area contributed by atoms with Gasteiger partial charge in [-0.05, 0) is 54.3 Å². The van der Waals surface area contributed by atoms with Crippen molar-refractivity contribution in [2.24, 2.45) is 0 Å². The molecule has 0 atom stereocenters. The largest absolute Gasteiger partial charge is 0.460 e. The third kappa shape index (κ3) is 4.57. The Hall–Kier alpha value is -3.86. The Morgan fingerprint density at radius 3 is 2.19 bits per heavy atom. The minimum Gasteiger partial charge on any atom is -0.460 e. The van der Waals surface area contributed by atoms with Gasteiger partial charge in [0.1, 0.15) is 23.3 Å². The Morgan fingerprint density at radius 2 is 1.53 bits per heavy atom. The summed E-state index contributed by atoms with van der Waals surface area (Å²) in [6, 6.07) is 19.4. The molecule has 0 fully saturated rings. The molecular weight excluding hydrogens is 404 g/mol. The number of esters is 1. The van der Waals surface area contributed by atoms with E-state index in [1.807, 2.05) is 43.3 Å². The molecule has 32 heavy (non-hydrogen) atoms. The molecule has 0 radical (unpaired) electrons. The zero-order valence-electron chi connectivity index (χ0n) is 18.5. The van der Waals surface area contributed by atoms with E-state index in [-0.39, 0.29) is 22.3 Å². The molecule has 1 heterocycles. The molecule has 162 valence electrons. The summed E-state index contributed by atoms with van der Waals surface area (Å²) in [5, 5.41) is 0.337. The van der Waals surface area contributed by atoms with Gasteiger partial charge in [0, 0.05) is 6.07 Å². The lowest BCUT2D eigenvalue weighted by molar-refractivity contribution is 0.0735. The highest BCUT2D eigenvalue weighted by molar-refractivity contribution is 5.91. The van der Waals surface area contributed by atoms with Gasteiger partial charge >= 0.3 is 5.97 Å². The van der Waals surface area contributed by atoms with Crippen LogP contribution in [0.15, 0.2) is 82.2 Å². The zero-order chi connectivity index (χ0) is 22.9. The maximum atomic E-state index is 12.9. The van der Waals surface area contributed by atoms with E-state index in [1.165, 1.54) is 17.9 Å². The maximum Gasteiger partial charge on any atom is 0.343 e. The van der Waals surface area contributed by atoms with Crippen LogP contribution in [-0.4, -0.2) is 5.97 Å². The molecule has 5 heteroatoms. The molecule has 5 nitrogen and oxygen atoms in total. The number of hydrogen-bond acceptors (Lipinski definition) is 5. The summed E-state index contributed by atoms with van der Waals surface area (Å²) >= 11 is 0. The van der Waals surface area contributed by atoms with Crippen LogP contribution in [0.2, 0.25) is 0 Å². The Bertz CT molecular complexity index is 1320. The van der Waals surface area contributed by atoms with Crippen LogP contribution < -0.4 is 14.9 Å². The van der Waals surface area contributed by atoms with E-state index < -0.39 is 5.97 Å². The summed E-state index contributed by atoms with van der Waals surface area (Å²) in [6.45, 7) is 8.34. The molecule has 0 aliphatic rings. The van der Waals surface area contributed by atoms with Crippen molar-refractivity contribution in [2.75, 3.05) is 0 Å². The summed E-state index contributed by atoms with van der Waals surface area (Å²) < 4.78 is 16.8. The lowest BCUT2D eigenvalue weighted by Gasteiger charge is -2.19. The summed E-state index contributed by atoms with van der Waals surface area (Å²) in [7, 11) is 0. The van der Waals surface area contributed by atoms with Crippen molar-refractivity contribution in [1.29, 1.82) is 0 Å². The van der Waals surface area contributed by atoms with Crippen LogP contribution in [0.1, 0.15) is 42.3 Å². The summed E-state index contributed by atoms with van der Waals surface area (Å²) in [6.07, 6.45) is 1.27. The van der Waals surface area contributed by atoms with Crippen molar-refractivity contribution < 1.29 is 18.7 Å². The summed E-state index contributed by atoms with van der Waals surface area (Å²) in [4.78, 5) is 25.2. The SMILES string of the molecule is Cc1ccc(C(=O)Oc2ccc3c(=O)c(Oc4ccc(C(C)(C)C)cc4)coc3c2)cc1. The topological polar surface area (TPSA) is 65.7 Å². The van der Waals surface area contributed by atoms with Crippen molar-refractivity contribution in [3.8, 4) is 17.2 Å². The van der Waals surface area contributed by atoms with Crippen LogP contribution in [0.25, 0.3) is 11.0 Å². The molecule has 3 aromatic carbocycles. The van der Waals surface area contributed by atoms with Crippen molar-refractivity contribution in [3.63, 3.8) is 0 Å². The molecule has 0 bridgehead atoms. The number of carbonyl (C=O) groups is 1. The number of aryl methyl sites for hydroxylation is 1. The van der Waals surface area contributed by atoms with Crippen LogP contribution in [0.5, 0.6) is 17.2 Å². The average molecular weight is 428 g/mol. The fraction of sp³-hybridized carbons (Fsp3) is 0.185. The number of benzene rings is 3. The van der Waals surface area contributed by atoms with E-state index in [2.05, 4.69) is 20.8 Å². The molecule has 0 N–H and O–H groups in total. The van der Waals surface area contributed by atoms with E-state index >= 15 is 0 Å². The first-order valence-electron chi connectivity index (χ1n) is 10.3. The smallest absolute Gasteiger partial charge is 0.343 e. The number of fused-ring (bicyclic) bond motifs is 1. The number of hydrogen-bond donors (Lipinski definition) is 0. The predicted molar refractivity (Wildman–Crippen MR) is 124 cm³/mol. The molecule has 0 aliphatic heterocycles. The molecule has 4 aromatic rings. The quantitative estimate of drug-likeness (QED) is 0.278. The Morgan fingerprint density at radius 1 is 0.875 bits per heavy atom. The van der Waals surface area contributed by atoms with E-state index in [1.54, 1.807) is 24.3 Å². The molecular formula is C27H24O5. The van der Waals surface area contributed by atoms with Gasteiger partial charge < -0.3 is 13.9 Å². The summed E-state index contributed by atoms with van der Waals surface area (Å²) in [5.41, 5.74) is 2.70. The Labute approximate surface area is 186 Å². The second-order valence-electron chi connectivity index (χ2n) is 8.72. The third-order valence-electron chi connectivity index (χ3n) is 5.16. The van der Waals surface area contributed by atoms with Crippen LogP contribution >= 0.6 is 0 Å². The van der Waals surface area contributed by atoms with Crippen molar-refractivity contribution in [1.82, 2.24) is 0 Å². The van der Waals surface area contributed by atoms with E-state index in [4.69, 9.17) is 13.9 Å². The molecule has 0 aliphatic carbocycles. The predicted octanol–water partition coefficient (Wildman–Crippen LogP) is 6.41. The van der Waals surface area contributed by atoms with E-state index in [0.29, 0.717) is 22.3 Å². The number of carbonyl (C=O) groups excluding carboxylic acids is 1. The third-order valence-corrected chi connectivity index (χ3v) is 5.16. The average Bonchev–Trinajstić information content (AvgIpc) is 2.76. The molecule has 0 saturated heterocycles. The van der Waals surface area contributed by atoms with E-state index in [9.17, 15) is 9.59 Å². The normalized spacial score (nSPS) is 11.4. The van der Waals surface area contributed by atoms with Gasteiger partial charge in [0.05, 0.1) is 10.9 Å². The second-order valence-corrected chi connectivity index (χ2v) is 8.72. The monoisotopic (exact) mass is 428 g/mol. The van der Waals surface area contributed by atoms with Gasteiger partial charge in [-0.25, -0.2) is 4.79 Å². The molecule has 0 saturated carbocycles. The highest BCUT2D eigenvalue weighted by Gasteiger charge is 2.15. The van der Waals surface area contributed by atoms with Gasteiger partial charge in [-0.3, -0.25) is 4.79 Å². The molecule has 0 amide bonds. The van der Waals surface area contributed by atoms with Crippen molar-refractivity contribution >= 4 is 16.9 Å². The standard InChI is InChI=1S/C27H24O5/c1-17-5-7-18(8-6-17)26(29)32-21-13-14-22-23(15-21)30-16-24(25(22)28)31-20-11-9-19(10-12-20)27(2,3)4/h5-16H,1-4H3. The van der Waals surface area contributed by atoms with Crippen LogP contribution in [-0.2, 0) is 5.41 Å². The highest BCUT2D eigenvalue weighted by atomic mass is 16.5. The lowest BCUT2D eigenvalue weighted by Crippen LogP contribution is -2.10. The van der Waals surface area contributed by atoms with Crippen LogP contribution in [0.4, 0.5) is 0 Å². The lowest BCUT2D eigenvalue weighted by atomic mass is 9.87. The summed E-state index contributed by atoms with van der Waals surface area (Å²) in [5.74, 6) is 0.446. The van der Waals surface area contributed by atoms with Crippen LogP contribution in [0, 0.1) is 6.92 Å². The minimum absolute atomic E-state index is 0.0289. The molecule has 4 rings (SSSR count). The Balaban J connectivity index is 1.55. The van der Waals surface area contributed by atoms with Gasteiger partial charge in [-0.15, -0.1) is 0 Å². The Kier molecular flexibility index (Phi) is 5.57. The maximum absolute atomic E-state index is 12.9. The fourth-order valence-corrected chi connectivity index (χ4v) is 3.23. The van der Waals surface area contributed by atoms with Gasteiger partial charge in [0.2, 0.25) is 11.2 Å². The minimum atomic E-state index is -0.481. The van der Waals surface area contributed by atoms with Crippen LogP contribution in [0.3, 0.4) is 0 Å².